The second kappa shape index (κ2) is 9.27. The Balaban J connectivity index is 1.66. The van der Waals surface area contributed by atoms with Gasteiger partial charge in [0.25, 0.3) is 5.56 Å². The smallest absolute Gasteiger partial charge is 0.267 e. The van der Waals surface area contributed by atoms with E-state index in [1.807, 2.05) is 25.1 Å². The van der Waals surface area contributed by atoms with Crippen LogP contribution in [0.5, 0.6) is 5.75 Å². The highest BCUT2D eigenvalue weighted by molar-refractivity contribution is 6.35. The number of para-hydroxylation sites is 1. The van der Waals surface area contributed by atoms with E-state index in [4.69, 9.17) is 22.3 Å². The molecule has 1 unspecified atom stereocenters. The molecule has 5 aromatic rings. The largest absolute Gasteiger partial charge is 0.505 e. The van der Waals surface area contributed by atoms with Crippen LogP contribution in [0.1, 0.15) is 18.8 Å². The van der Waals surface area contributed by atoms with Crippen LogP contribution < -0.4 is 16.6 Å². The van der Waals surface area contributed by atoms with E-state index in [0.717, 1.165) is 0 Å². The van der Waals surface area contributed by atoms with Crippen LogP contribution in [0, 0.1) is 5.82 Å². The van der Waals surface area contributed by atoms with Crippen LogP contribution >= 0.6 is 11.6 Å². The number of rotatable bonds is 5. The minimum atomic E-state index is -0.783. The zero-order valence-corrected chi connectivity index (χ0v) is 19.7. The molecule has 0 amide bonds. The number of phenols is 1. The number of halogens is 2. The van der Waals surface area contributed by atoms with Gasteiger partial charge in [-0.25, -0.2) is 14.4 Å². The fourth-order valence-corrected chi connectivity index (χ4v) is 4.24. The van der Waals surface area contributed by atoms with Crippen molar-refractivity contribution >= 4 is 34.3 Å². The topological polar surface area (TPSA) is 119 Å². The predicted molar refractivity (Wildman–Crippen MR) is 138 cm³/mol. The molecule has 0 aliphatic heterocycles. The number of anilines is 2. The lowest BCUT2D eigenvalue weighted by molar-refractivity contribution is 0.432. The van der Waals surface area contributed by atoms with Gasteiger partial charge in [-0.2, -0.15) is 4.98 Å². The van der Waals surface area contributed by atoms with E-state index < -0.39 is 17.6 Å². The van der Waals surface area contributed by atoms with Crippen LogP contribution in [0.15, 0.2) is 77.7 Å². The SMILES string of the molecule is CC(Nc1nc(N)ncc1-c1ccc(O)c(F)c1)c1nc2cccc(Cl)c2c(=O)n1-c1ccccc1. The molecule has 1 atom stereocenters. The Morgan fingerprint density at radius 3 is 2.61 bits per heavy atom. The molecule has 8 nitrogen and oxygen atoms in total. The van der Waals surface area contributed by atoms with Gasteiger partial charge in [0.05, 0.1) is 27.7 Å². The molecule has 0 radical (unpaired) electrons. The number of nitrogens with one attached hydrogen (secondary N) is 1. The zero-order chi connectivity index (χ0) is 25.4. The molecule has 36 heavy (non-hydrogen) atoms. The number of aromatic hydroxyl groups is 1. The molecule has 0 bridgehead atoms. The van der Waals surface area contributed by atoms with Crippen LogP contribution in [-0.2, 0) is 0 Å². The first kappa shape index (κ1) is 23.3. The minimum Gasteiger partial charge on any atom is -0.505 e. The van der Waals surface area contributed by atoms with Crippen molar-refractivity contribution in [3.63, 3.8) is 0 Å². The second-order valence-electron chi connectivity index (χ2n) is 8.10. The molecular weight excluding hydrogens is 483 g/mol. The van der Waals surface area contributed by atoms with Crippen molar-refractivity contribution in [3.05, 3.63) is 99.9 Å². The van der Waals surface area contributed by atoms with Gasteiger partial charge in [0.1, 0.15) is 11.6 Å². The maximum Gasteiger partial charge on any atom is 0.267 e. The number of nitrogen functional groups attached to an aromatic ring is 1. The van der Waals surface area contributed by atoms with E-state index in [1.54, 1.807) is 36.4 Å². The average molecular weight is 503 g/mol. The average Bonchev–Trinajstić information content (AvgIpc) is 2.86. The maximum atomic E-state index is 14.1. The third-order valence-electron chi connectivity index (χ3n) is 5.69. The van der Waals surface area contributed by atoms with Gasteiger partial charge in [-0.3, -0.25) is 9.36 Å². The van der Waals surface area contributed by atoms with Crippen molar-refractivity contribution in [3.8, 4) is 22.6 Å². The van der Waals surface area contributed by atoms with Crippen molar-refractivity contribution in [1.82, 2.24) is 19.5 Å². The standard InChI is InChI=1S/C26H20ClFN6O2/c1-14(31-23-17(13-30-26(29)33-23)15-10-11-21(35)19(28)12-15)24-32-20-9-5-8-18(27)22(20)25(36)34(24)16-6-3-2-4-7-16/h2-14,35H,1H3,(H3,29,30,31,33). The third kappa shape index (κ3) is 4.20. The molecule has 4 N–H and O–H groups in total. The summed E-state index contributed by atoms with van der Waals surface area (Å²) >= 11 is 6.37. The molecule has 2 heterocycles. The number of aromatic nitrogens is 4. The Morgan fingerprint density at radius 1 is 1.08 bits per heavy atom. The summed E-state index contributed by atoms with van der Waals surface area (Å²) in [6.45, 7) is 1.82. The van der Waals surface area contributed by atoms with Crippen LogP contribution in [-0.4, -0.2) is 24.6 Å². The summed E-state index contributed by atoms with van der Waals surface area (Å²) in [4.78, 5) is 26.7. The predicted octanol–water partition coefficient (Wildman–Crippen LogP) is 5.10. The number of phenolic OH excluding ortho intramolecular Hbond substituents is 1. The molecule has 0 spiro atoms. The number of fused-ring (bicyclic) bond motifs is 1. The Bertz CT molecular complexity index is 1660. The van der Waals surface area contributed by atoms with Crippen molar-refractivity contribution in [2.24, 2.45) is 0 Å². The highest BCUT2D eigenvalue weighted by Crippen LogP contribution is 2.32. The lowest BCUT2D eigenvalue weighted by atomic mass is 10.1. The van der Waals surface area contributed by atoms with Crippen LogP contribution in [0.25, 0.3) is 27.7 Å². The summed E-state index contributed by atoms with van der Waals surface area (Å²) < 4.78 is 15.6. The highest BCUT2D eigenvalue weighted by Gasteiger charge is 2.21. The summed E-state index contributed by atoms with van der Waals surface area (Å²) in [6, 6.07) is 17.6. The van der Waals surface area contributed by atoms with Crippen LogP contribution in [0.2, 0.25) is 5.02 Å². The maximum absolute atomic E-state index is 14.1. The first-order chi connectivity index (χ1) is 17.3. The zero-order valence-electron chi connectivity index (χ0n) is 19.0. The lowest BCUT2D eigenvalue weighted by Gasteiger charge is -2.21. The molecule has 0 saturated heterocycles. The van der Waals surface area contributed by atoms with E-state index >= 15 is 0 Å². The quantitative estimate of drug-likeness (QED) is 0.306. The molecule has 5 rings (SSSR count). The second-order valence-corrected chi connectivity index (χ2v) is 8.51. The monoisotopic (exact) mass is 502 g/mol. The fourth-order valence-electron chi connectivity index (χ4n) is 3.98. The van der Waals surface area contributed by atoms with Gasteiger partial charge >= 0.3 is 0 Å². The number of nitrogens with zero attached hydrogens (tertiary/aromatic N) is 4. The molecule has 3 aromatic carbocycles. The Morgan fingerprint density at radius 2 is 1.86 bits per heavy atom. The van der Waals surface area contributed by atoms with Gasteiger partial charge in [0.15, 0.2) is 11.6 Å². The number of hydrogen-bond acceptors (Lipinski definition) is 7. The van der Waals surface area contributed by atoms with Gasteiger partial charge in [-0.15, -0.1) is 0 Å². The van der Waals surface area contributed by atoms with E-state index in [-0.39, 0.29) is 11.5 Å². The summed E-state index contributed by atoms with van der Waals surface area (Å²) in [6.07, 6.45) is 1.46. The van der Waals surface area contributed by atoms with Gasteiger partial charge in [-0.1, -0.05) is 41.9 Å². The Hall–Kier alpha value is -4.50. The number of benzene rings is 3. The first-order valence-electron chi connectivity index (χ1n) is 11.0. The van der Waals surface area contributed by atoms with E-state index in [2.05, 4.69) is 15.3 Å². The third-order valence-corrected chi connectivity index (χ3v) is 6.01. The number of nitrogens with two attached hydrogens (primary N) is 1. The van der Waals surface area contributed by atoms with E-state index in [1.165, 1.54) is 22.9 Å². The molecule has 0 saturated carbocycles. The molecule has 10 heteroatoms. The molecular formula is C26H20ClFN6O2. The Kier molecular flexibility index (Phi) is 5.99. The summed E-state index contributed by atoms with van der Waals surface area (Å²) in [7, 11) is 0. The first-order valence-corrected chi connectivity index (χ1v) is 11.4. The van der Waals surface area contributed by atoms with Crippen molar-refractivity contribution < 1.29 is 9.50 Å². The van der Waals surface area contributed by atoms with E-state index in [0.29, 0.717) is 44.4 Å². The molecule has 0 aliphatic carbocycles. The van der Waals surface area contributed by atoms with Crippen molar-refractivity contribution in [2.45, 2.75) is 13.0 Å². The minimum absolute atomic E-state index is 0.00593. The lowest BCUT2D eigenvalue weighted by Crippen LogP contribution is -2.27. The van der Waals surface area contributed by atoms with E-state index in [9.17, 15) is 14.3 Å². The molecule has 0 fully saturated rings. The van der Waals surface area contributed by atoms with Crippen LogP contribution in [0.3, 0.4) is 0 Å². The van der Waals surface area contributed by atoms with Crippen molar-refractivity contribution in [2.75, 3.05) is 11.1 Å². The summed E-state index contributed by atoms with van der Waals surface area (Å²) in [5.41, 5.74) is 7.48. The highest BCUT2D eigenvalue weighted by atomic mass is 35.5. The van der Waals surface area contributed by atoms with Gasteiger partial charge in [0, 0.05) is 11.8 Å². The van der Waals surface area contributed by atoms with Crippen LogP contribution in [0.4, 0.5) is 16.2 Å². The van der Waals surface area contributed by atoms with Gasteiger partial charge < -0.3 is 16.2 Å². The summed E-state index contributed by atoms with van der Waals surface area (Å²) in [5.74, 6) is -0.536. The van der Waals surface area contributed by atoms with Gasteiger partial charge in [0.2, 0.25) is 5.95 Å². The molecule has 2 aromatic heterocycles. The van der Waals surface area contributed by atoms with Crippen molar-refractivity contribution in [1.29, 1.82) is 0 Å². The number of hydrogen-bond donors (Lipinski definition) is 3. The Labute approximate surface area is 209 Å². The molecule has 180 valence electrons. The fraction of sp³-hybridized carbons (Fsp3) is 0.0769. The van der Waals surface area contributed by atoms with Gasteiger partial charge in [-0.05, 0) is 48.9 Å². The normalized spacial score (nSPS) is 12.0. The summed E-state index contributed by atoms with van der Waals surface area (Å²) in [5, 5.41) is 13.4. The molecule has 0 aliphatic rings.